The second-order valence-corrected chi connectivity index (χ2v) is 3.98. The minimum Gasteiger partial charge on any atom is -0.444 e. The third-order valence-corrected chi connectivity index (χ3v) is 2.66. The second-order valence-electron chi connectivity index (χ2n) is 3.98. The highest BCUT2D eigenvalue weighted by Gasteiger charge is 2.07. The number of aromatic nitrogens is 1. The van der Waals surface area contributed by atoms with Crippen molar-refractivity contribution in [3.8, 4) is 0 Å². The number of oxazole rings is 1. The maximum atomic E-state index is 11.9. The van der Waals surface area contributed by atoms with Crippen molar-refractivity contribution in [2.45, 2.75) is 19.9 Å². The summed E-state index contributed by atoms with van der Waals surface area (Å²) < 4.78 is 5.40. The molecular formula is C13H16N4O2. The molecule has 0 fully saturated rings. The number of nitrogens with two attached hydrogens (primary N) is 1. The number of hydrogen-bond donors (Lipinski definition) is 3. The predicted octanol–water partition coefficient (Wildman–Crippen LogP) is 1.45. The quantitative estimate of drug-likeness (QED) is 0.559. The second kappa shape index (κ2) is 6.01. The van der Waals surface area contributed by atoms with Crippen molar-refractivity contribution >= 4 is 11.6 Å². The molecule has 0 atom stereocenters. The van der Waals surface area contributed by atoms with E-state index >= 15 is 0 Å². The number of hydrazine groups is 1. The van der Waals surface area contributed by atoms with E-state index in [1.807, 2.05) is 6.92 Å². The van der Waals surface area contributed by atoms with E-state index < -0.39 is 0 Å². The zero-order chi connectivity index (χ0) is 13.7. The van der Waals surface area contributed by atoms with E-state index in [-0.39, 0.29) is 12.5 Å². The number of carbonyl (C=O) groups excluding carboxylic acids is 1. The van der Waals surface area contributed by atoms with Gasteiger partial charge in [0.25, 0.3) is 5.91 Å². The maximum Gasteiger partial charge on any atom is 0.251 e. The molecule has 0 aliphatic heterocycles. The number of aryl methyl sites for hydroxylation is 1. The normalized spacial score (nSPS) is 10.2. The van der Waals surface area contributed by atoms with Crippen molar-refractivity contribution in [3.63, 3.8) is 0 Å². The number of nitrogens with one attached hydrogen (secondary N) is 2. The van der Waals surface area contributed by atoms with Crippen molar-refractivity contribution in [1.82, 2.24) is 10.3 Å². The van der Waals surface area contributed by atoms with Gasteiger partial charge in [-0.25, -0.2) is 4.98 Å². The number of hydrogen-bond acceptors (Lipinski definition) is 5. The van der Waals surface area contributed by atoms with E-state index in [0.29, 0.717) is 11.5 Å². The van der Waals surface area contributed by atoms with Crippen LogP contribution in [0.2, 0.25) is 0 Å². The SMILES string of the molecule is CCc1cnc(CNC(=O)c2ccc(NN)cc2)o1. The first-order chi connectivity index (χ1) is 9.22. The van der Waals surface area contributed by atoms with Crippen LogP contribution >= 0.6 is 0 Å². The Labute approximate surface area is 111 Å². The Hall–Kier alpha value is -2.34. The van der Waals surface area contributed by atoms with E-state index in [4.69, 9.17) is 10.3 Å². The maximum absolute atomic E-state index is 11.9. The van der Waals surface area contributed by atoms with E-state index in [1.165, 1.54) is 0 Å². The summed E-state index contributed by atoms with van der Waals surface area (Å²) in [5, 5.41) is 2.74. The highest BCUT2D eigenvalue weighted by molar-refractivity contribution is 5.94. The summed E-state index contributed by atoms with van der Waals surface area (Å²) in [5.41, 5.74) is 3.81. The summed E-state index contributed by atoms with van der Waals surface area (Å²) in [6.45, 7) is 2.26. The summed E-state index contributed by atoms with van der Waals surface area (Å²) in [6, 6.07) is 6.85. The van der Waals surface area contributed by atoms with Gasteiger partial charge in [-0.15, -0.1) is 0 Å². The summed E-state index contributed by atoms with van der Waals surface area (Å²) in [4.78, 5) is 15.9. The smallest absolute Gasteiger partial charge is 0.251 e. The Kier molecular flexibility index (Phi) is 4.15. The summed E-state index contributed by atoms with van der Waals surface area (Å²) in [6.07, 6.45) is 2.46. The van der Waals surface area contributed by atoms with Crippen LogP contribution in [0.5, 0.6) is 0 Å². The Bertz CT molecular complexity index is 548. The number of nitrogen functional groups attached to an aromatic ring is 1. The monoisotopic (exact) mass is 260 g/mol. The highest BCUT2D eigenvalue weighted by atomic mass is 16.4. The molecule has 1 heterocycles. The molecule has 1 aromatic carbocycles. The molecule has 6 heteroatoms. The highest BCUT2D eigenvalue weighted by Crippen LogP contribution is 2.08. The molecule has 0 bridgehead atoms. The van der Waals surface area contributed by atoms with E-state index in [2.05, 4.69) is 15.7 Å². The van der Waals surface area contributed by atoms with Crippen molar-refractivity contribution in [1.29, 1.82) is 0 Å². The van der Waals surface area contributed by atoms with Crippen LogP contribution in [0.15, 0.2) is 34.9 Å². The van der Waals surface area contributed by atoms with E-state index in [0.717, 1.165) is 17.9 Å². The first-order valence-corrected chi connectivity index (χ1v) is 6.01. The average Bonchev–Trinajstić information content (AvgIpc) is 2.93. The zero-order valence-electron chi connectivity index (χ0n) is 10.6. The molecule has 100 valence electrons. The lowest BCUT2D eigenvalue weighted by atomic mass is 10.2. The predicted molar refractivity (Wildman–Crippen MR) is 71.3 cm³/mol. The molecule has 0 radical (unpaired) electrons. The Morgan fingerprint density at radius 1 is 1.37 bits per heavy atom. The largest absolute Gasteiger partial charge is 0.444 e. The first kappa shape index (κ1) is 13.1. The zero-order valence-corrected chi connectivity index (χ0v) is 10.6. The van der Waals surface area contributed by atoms with Crippen LogP contribution < -0.4 is 16.6 Å². The average molecular weight is 260 g/mol. The van der Waals surface area contributed by atoms with Gasteiger partial charge in [0, 0.05) is 17.7 Å². The van der Waals surface area contributed by atoms with Crippen LogP contribution in [-0.4, -0.2) is 10.9 Å². The molecule has 0 saturated heterocycles. The Morgan fingerprint density at radius 3 is 2.68 bits per heavy atom. The minimum atomic E-state index is -0.181. The number of nitrogens with zero attached hydrogens (tertiary/aromatic N) is 1. The lowest BCUT2D eigenvalue weighted by molar-refractivity contribution is 0.0947. The van der Waals surface area contributed by atoms with Gasteiger partial charge in [0.05, 0.1) is 12.7 Å². The summed E-state index contributed by atoms with van der Waals surface area (Å²) >= 11 is 0. The van der Waals surface area contributed by atoms with Crippen LogP contribution in [0.25, 0.3) is 0 Å². The number of carbonyl (C=O) groups is 1. The topological polar surface area (TPSA) is 93.2 Å². The van der Waals surface area contributed by atoms with E-state index in [9.17, 15) is 4.79 Å². The van der Waals surface area contributed by atoms with Gasteiger partial charge in [0.15, 0.2) is 0 Å². The van der Waals surface area contributed by atoms with Crippen LogP contribution in [0, 0.1) is 0 Å². The molecule has 0 saturated carbocycles. The molecule has 6 nitrogen and oxygen atoms in total. The van der Waals surface area contributed by atoms with Crippen molar-refractivity contribution in [2.24, 2.45) is 5.84 Å². The van der Waals surface area contributed by atoms with Crippen molar-refractivity contribution < 1.29 is 9.21 Å². The van der Waals surface area contributed by atoms with Crippen LogP contribution in [0.1, 0.15) is 28.9 Å². The van der Waals surface area contributed by atoms with Gasteiger partial charge in [-0.2, -0.15) is 0 Å². The molecule has 0 aliphatic carbocycles. The standard InChI is InChI=1S/C13H16N4O2/c1-2-11-7-15-12(19-11)8-16-13(18)9-3-5-10(17-14)6-4-9/h3-7,17H,2,8,14H2,1H3,(H,16,18). The van der Waals surface area contributed by atoms with Gasteiger partial charge in [-0.05, 0) is 24.3 Å². The van der Waals surface area contributed by atoms with Crippen molar-refractivity contribution in [2.75, 3.05) is 5.43 Å². The van der Waals surface area contributed by atoms with Gasteiger partial charge >= 0.3 is 0 Å². The van der Waals surface area contributed by atoms with Gasteiger partial charge in [-0.3, -0.25) is 10.6 Å². The van der Waals surface area contributed by atoms with Crippen molar-refractivity contribution in [3.05, 3.63) is 47.7 Å². The van der Waals surface area contributed by atoms with Gasteiger partial charge < -0.3 is 15.2 Å². The molecule has 19 heavy (non-hydrogen) atoms. The summed E-state index contributed by atoms with van der Waals surface area (Å²) in [5.74, 6) is 6.39. The van der Waals surface area contributed by atoms with Crippen LogP contribution in [0.4, 0.5) is 5.69 Å². The lowest BCUT2D eigenvalue weighted by Crippen LogP contribution is -2.22. The Balaban J connectivity index is 1.93. The molecule has 0 unspecified atom stereocenters. The number of rotatable bonds is 5. The number of benzene rings is 1. The lowest BCUT2D eigenvalue weighted by Gasteiger charge is -2.04. The molecule has 2 aromatic rings. The summed E-state index contributed by atoms with van der Waals surface area (Å²) in [7, 11) is 0. The van der Waals surface area contributed by atoms with Crippen LogP contribution in [0.3, 0.4) is 0 Å². The molecule has 0 aliphatic rings. The number of amides is 1. The third kappa shape index (κ3) is 3.32. The fraction of sp³-hybridized carbons (Fsp3) is 0.231. The first-order valence-electron chi connectivity index (χ1n) is 6.01. The van der Waals surface area contributed by atoms with Crippen LogP contribution in [-0.2, 0) is 13.0 Å². The fourth-order valence-electron chi connectivity index (χ4n) is 1.57. The molecule has 2 rings (SSSR count). The van der Waals surface area contributed by atoms with Gasteiger partial charge in [-0.1, -0.05) is 6.92 Å². The minimum absolute atomic E-state index is 0.181. The molecule has 1 amide bonds. The third-order valence-electron chi connectivity index (χ3n) is 2.66. The van der Waals surface area contributed by atoms with Gasteiger partial charge in [0.2, 0.25) is 5.89 Å². The number of anilines is 1. The van der Waals surface area contributed by atoms with Gasteiger partial charge in [0.1, 0.15) is 5.76 Å². The molecule has 0 spiro atoms. The molecule has 4 N–H and O–H groups in total. The molecular weight excluding hydrogens is 244 g/mol. The molecule has 1 aromatic heterocycles. The fourth-order valence-corrected chi connectivity index (χ4v) is 1.57. The Morgan fingerprint density at radius 2 is 2.11 bits per heavy atom. The van der Waals surface area contributed by atoms with E-state index in [1.54, 1.807) is 30.5 Å².